The minimum absolute atomic E-state index is 0.114. The summed E-state index contributed by atoms with van der Waals surface area (Å²) in [6.07, 6.45) is 1.60. The Kier molecular flexibility index (Phi) is 3.78. The number of methoxy groups -OCH3 is 1. The van der Waals surface area contributed by atoms with Crippen LogP contribution in [0.4, 0.5) is 10.1 Å². The Morgan fingerprint density at radius 1 is 1.23 bits per heavy atom. The summed E-state index contributed by atoms with van der Waals surface area (Å²) >= 11 is 0. The van der Waals surface area contributed by atoms with Gasteiger partial charge in [0.15, 0.2) is 0 Å². The lowest BCUT2D eigenvalue weighted by atomic mass is 10.1. The highest BCUT2D eigenvalue weighted by molar-refractivity contribution is 5.95. The number of hydrogen-bond donors (Lipinski definition) is 1. The van der Waals surface area contributed by atoms with E-state index in [9.17, 15) is 9.18 Å². The number of hydrogen-bond acceptors (Lipinski definition) is 3. The summed E-state index contributed by atoms with van der Waals surface area (Å²) < 4.78 is 23.7. The summed E-state index contributed by atoms with van der Waals surface area (Å²) in [5.41, 5.74) is 1.89. The second kappa shape index (κ2) is 5.89. The van der Waals surface area contributed by atoms with Gasteiger partial charge in [0.05, 0.1) is 19.8 Å². The molecule has 1 amide bonds. The van der Waals surface area contributed by atoms with Crippen LogP contribution in [0.5, 0.6) is 5.75 Å². The normalized spacial score (nSPS) is 10.6. The summed E-state index contributed by atoms with van der Waals surface area (Å²) in [6.45, 7) is 0. The minimum Gasteiger partial charge on any atom is -0.497 e. The molecule has 2 aromatic carbocycles. The predicted octanol–water partition coefficient (Wildman–Crippen LogP) is 3.76. The third kappa shape index (κ3) is 2.93. The first kappa shape index (κ1) is 14.1. The minimum atomic E-state index is -0.356. The van der Waals surface area contributed by atoms with E-state index in [2.05, 4.69) is 5.32 Å². The number of amides is 1. The van der Waals surface area contributed by atoms with E-state index in [1.807, 2.05) is 0 Å². The first-order valence-electron chi connectivity index (χ1n) is 6.75. The molecule has 112 valence electrons. The van der Waals surface area contributed by atoms with Crippen LogP contribution in [-0.2, 0) is 11.2 Å². The van der Waals surface area contributed by atoms with E-state index in [1.54, 1.807) is 37.4 Å². The topological polar surface area (TPSA) is 51.5 Å². The van der Waals surface area contributed by atoms with Gasteiger partial charge >= 0.3 is 0 Å². The van der Waals surface area contributed by atoms with Crippen molar-refractivity contribution < 1.29 is 18.3 Å². The lowest BCUT2D eigenvalue weighted by molar-refractivity contribution is -0.115. The van der Waals surface area contributed by atoms with Gasteiger partial charge in [0, 0.05) is 16.6 Å². The number of nitrogens with one attached hydrogen (secondary N) is 1. The lowest BCUT2D eigenvalue weighted by Gasteiger charge is -2.05. The maximum absolute atomic E-state index is 13.3. The van der Waals surface area contributed by atoms with Gasteiger partial charge in [-0.25, -0.2) is 4.39 Å². The quantitative estimate of drug-likeness (QED) is 0.798. The van der Waals surface area contributed by atoms with Gasteiger partial charge in [-0.05, 0) is 42.5 Å². The maximum Gasteiger partial charge on any atom is 0.228 e. The van der Waals surface area contributed by atoms with Crippen LogP contribution in [-0.4, -0.2) is 13.0 Å². The molecule has 1 heterocycles. The Labute approximate surface area is 126 Å². The van der Waals surface area contributed by atoms with Crippen molar-refractivity contribution in [1.82, 2.24) is 0 Å². The molecule has 0 radical (unpaired) electrons. The Morgan fingerprint density at radius 2 is 2.00 bits per heavy atom. The molecule has 3 aromatic rings. The fourth-order valence-corrected chi connectivity index (χ4v) is 2.24. The molecule has 0 aliphatic rings. The fourth-order valence-electron chi connectivity index (χ4n) is 2.24. The fraction of sp³-hybridized carbons (Fsp3) is 0.118. The van der Waals surface area contributed by atoms with Gasteiger partial charge in [-0.3, -0.25) is 4.79 Å². The zero-order chi connectivity index (χ0) is 15.5. The molecule has 1 N–H and O–H groups in total. The van der Waals surface area contributed by atoms with Gasteiger partial charge in [-0.2, -0.15) is 0 Å². The van der Waals surface area contributed by atoms with Crippen molar-refractivity contribution in [3.05, 3.63) is 60.1 Å². The number of ether oxygens (including phenoxy) is 1. The Hall–Kier alpha value is -2.82. The molecule has 0 atom stereocenters. The lowest BCUT2D eigenvalue weighted by Crippen LogP contribution is -2.14. The monoisotopic (exact) mass is 299 g/mol. The van der Waals surface area contributed by atoms with Crippen molar-refractivity contribution in [2.24, 2.45) is 0 Å². The molecule has 0 aliphatic heterocycles. The van der Waals surface area contributed by atoms with E-state index >= 15 is 0 Å². The van der Waals surface area contributed by atoms with Gasteiger partial charge in [0.25, 0.3) is 0 Å². The van der Waals surface area contributed by atoms with Crippen LogP contribution in [0.15, 0.2) is 53.1 Å². The van der Waals surface area contributed by atoms with E-state index < -0.39 is 0 Å². The molecule has 0 fully saturated rings. The molecule has 0 saturated carbocycles. The molecule has 5 heteroatoms. The van der Waals surface area contributed by atoms with E-state index in [0.29, 0.717) is 28.0 Å². The molecule has 22 heavy (non-hydrogen) atoms. The summed E-state index contributed by atoms with van der Waals surface area (Å²) in [5, 5.41) is 3.40. The van der Waals surface area contributed by atoms with E-state index in [0.717, 1.165) is 0 Å². The van der Waals surface area contributed by atoms with Crippen molar-refractivity contribution >= 4 is 22.6 Å². The van der Waals surface area contributed by atoms with Gasteiger partial charge in [-0.15, -0.1) is 0 Å². The SMILES string of the molecule is COc1ccc(NC(=O)Cc2coc3ccc(F)cc23)cc1. The van der Waals surface area contributed by atoms with Gasteiger partial charge < -0.3 is 14.5 Å². The molecule has 1 aromatic heterocycles. The molecule has 0 unspecified atom stereocenters. The van der Waals surface area contributed by atoms with E-state index in [-0.39, 0.29) is 18.1 Å². The van der Waals surface area contributed by atoms with Crippen molar-refractivity contribution in [1.29, 1.82) is 0 Å². The van der Waals surface area contributed by atoms with Gasteiger partial charge in [0.2, 0.25) is 5.91 Å². The summed E-state index contributed by atoms with van der Waals surface area (Å²) in [7, 11) is 1.58. The maximum atomic E-state index is 13.3. The smallest absolute Gasteiger partial charge is 0.228 e. The zero-order valence-electron chi connectivity index (χ0n) is 11.9. The summed E-state index contributed by atoms with van der Waals surface area (Å²) in [4.78, 5) is 12.1. The van der Waals surface area contributed by atoms with Crippen molar-refractivity contribution in [2.75, 3.05) is 12.4 Å². The van der Waals surface area contributed by atoms with Crippen LogP contribution in [0.25, 0.3) is 11.0 Å². The molecule has 0 bridgehead atoms. The second-order valence-corrected chi connectivity index (χ2v) is 4.85. The standard InChI is InChI=1S/C17H14FNO3/c1-21-14-5-3-13(4-6-14)19-17(20)8-11-10-22-16-7-2-12(18)9-15(11)16/h2-7,9-10H,8H2,1H3,(H,19,20). The first-order valence-corrected chi connectivity index (χ1v) is 6.75. The molecule has 0 aliphatic carbocycles. The average Bonchev–Trinajstić information content (AvgIpc) is 2.90. The third-order valence-electron chi connectivity index (χ3n) is 3.34. The Balaban J connectivity index is 1.73. The van der Waals surface area contributed by atoms with Crippen LogP contribution in [0.2, 0.25) is 0 Å². The average molecular weight is 299 g/mol. The number of furan rings is 1. The highest BCUT2D eigenvalue weighted by atomic mass is 19.1. The second-order valence-electron chi connectivity index (χ2n) is 4.85. The third-order valence-corrected chi connectivity index (χ3v) is 3.34. The van der Waals surface area contributed by atoms with Crippen LogP contribution in [0.3, 0.4) is 0 Å². The number of anilines is 1. The Bertz CT molecular complexity index is 808. The molecule has 0 spiro atoms. The summed E-state index contributed by atoms with van der Waals surface area (Å²) in [5.74, 6) is 0.164. The molecule has 4 nitrogen and oxygen atoms in total. The molecular formula is C17H14FNO3. The van der Waals surface area contributed by atoms with Crippen LogP contribution < -0.4 is 10.1 Å². The molecular weight excluding hydrogens is 285 g/mol. The van der Waals surface area contributed by atoms with Gasteiger partial charge in [0.1, 0.15) is 17.1 Å². The van der Waals surface area contributed by atoms with Crippen LogP contribution in [0.1, 0.15) is 5.56 Å². The molecule has 3 rings (SSSR count). The highest BCUT2D eigenvalue weighted by Gasteiger charge is 2.11. The van der Waals surface area contributed by atoms with E-state index in [4.69, 9.17) is 9.15 Å². The number of carbonyl (C=O) groups excluding carboxylic acids is 1. The number of benzene rings is 2. The molecule has 0 saturated heterocycles. The van der Waals surface area contributed by atoms with Crippen LogP contribution in [0, 0.1) is 5.82 Å². The first-order chi connectivity index (χ1) is 10.7. The highest BCUT2D eigenvalue weighted by Crippen LogP contribution is 2.23. The number of carbonyl (C=O) groups is 1. The van der Waals surface area contributed by atoms with Crippen molar-refractivity contribution in [3.63, 3.8) is 0 Å². The Morgan fingerprint density at radius 3 is 2.73 bits per heavy atom. The summed E-state index contributed by atoms with van der Waals surface area (Å²) in [6, 6.07) is 11.3. The van der Waals surface area contributed by atoms with Crippen molar-refractivity contribution in [3.8, 4) is 5.75 Å². The van der Waals surface area contributed by atoms with Crippen LogP contribution >= 0.6 is 0 Å². The van der Waals surface area contributed by atoms with Crippen molar-refractivity contribution in [2.45, 2.75) is 6.42 Å². The zero-order valence-corrected chi connectivity index (χ0v) is 11.9. The number of rotatable bonds is 4. The number of halogens is 1. The predicted molar refractivity (Wildman–Crippen MR) is 81.5 cm³/mol. The largest absolute Gasteiger partial charge is 0.497 e. The van der Waals surface area contributed by atoms with E-state index in [1.165, 1.54) is 18.4 Å². The van der Waals surface area contributed by atoms with Gasteiger partial charge in [-0.1, -0.05) is 0 Å². The number of fused-ring (bicyclic) bond motifs is 1.